The van der Waals surface area contributed by atoms with Crippen molar-refractivity contribution in [1.29, 1.82) is 0 Å². The van der Waals surface area contributed by atoms with Crippen molar-refractivity contribution in [2.75, 3.05) is 0 Å². The summed E-state index contributed by atoms with van der Waals surface area (Å²) in [6, 6.07) is 6.91. The summed E-state index contributed by atoms with van der Waals surface area (Å²) in [4.78, 5) is 20.7. The van der Waals surface area contributed by atoms with Gasteiger partial charge in [0.1, 0.15) is 0 Å². The van der Waals surface area contributed by atoms with Crippen molar-refractivity contribution < 1.29 is 4.79 Å². The van der Waals surface area contributed by atoms with Crippen molar-refractivity contribution in [2.45, 2.75) is 6.92 Å². The van der Waals surface area contributed by atoms with E-state index >= 15 is 0 Å². The highest BCUT2D eigenvalue weighted by atomic mass is 16.3. The molecule has 0 aliphatic carbocycles. The lowest BCUT2D eigenvalue weighted by atomic mass is 10.1. The largest absolute Gasteiger partial charge is 0.273 e. The molecule has 1 amide bonds. The zero-order valence-corrected chi connectivity index (χ0v) is 6.57. The number of nitroso groups, excluding NO2 is 1. The van der Waals surface area contributed by atoms with E-state index in [9.17, 15) is 9.70 Å². The number of carbonyl (C=O) groups excluding carboxylic acids is 1. The molecule has 0 aromatic heterocycles. The summed E-state index contributed by atoms with van der Waals surface area (Å²) in [5, 5.41) is 2.29. The Kier molecular flexibility index (Phi) is 2.53. The molecule has 1 aromatic rings. The number of amides is 1. The van der Waals surface area contributed by atoms with Crippen molar-refractivity contribution in [1.82, 2.24) is 5.43 Å². The van der Waals surface area contributed by atoms with E-state index in [0.29, 0.717) is 5.56 Å². The number of hydrogen-bond donors (Lipinski definition) is 1. The number of hydrogen-bond acceptors (Lipinski definition) is 3. The molecule has 0 heterocycles. The van der Waals surface area contributed by atoms with Crippen LogP contribution in [0.4, 0.5) is 0 Å². The molecular weight excluding hydrogens is 156 g/mol. The number of aryl methyl sites for hydroxylation is 1. The fourth-order valence-electron chi connectivity index (χ4n) is 0.892. The first-order chi connectivity index (χ1) is 5.74. The minimum absolute atomic E-state index is 0.439. The van der Waals surface area contributed by atoms with E-state index in [1.165, 1.54) is 0 Å². The van der Waals surface area contributed by atoms with Gasteiger partial charge in [-0.05, 0) is 19.1 Å². The van der Waals surface area contributed by atoms with Gasteiger partial charge in [0.15, 0.2) is 0 Å². The summed E-state index contributed by atoms with van der Waals surface area (Å²) < 4.78 is 0. The van der Waals surface area contributed by atoms with Gasteiger partial charge in [-0.15, -0.1) is 4.91 Å². The van der Waals surface area contributed by atoms with Gasteiger partial charge in [0, 0.05) is 5.56 Å². The molecule has 4 nitrogen and oxygen atoms in total. The maximum atomic E-state index is 11.0. The van der Waals surface area contributed by atoms with Gasteiger partial charge < -0.3 is 0 Å². The molecule has 1 rings (SSSR count). The topological polar surface area (TPSA) is 58.5 Å². The van der Waals surface area contributed by atoms with Crippen LogP contribution in [0.1, 0.15) is 15.9 Å². The molecule has 62 valence electrons. The van der Waals surface area contributed by atoms with Crippen molar-refractivity contribution in [2.24, 2.45) is 5.29 Å². The van der Waals surface area contributed by atoms with Gasteiger partial charge in [0.25, 0.3) is 5.91 Å². The first kappa shape index (κ1) is 8.39. The quantitative estimate of drug-likeness (QED) is 0.530. The van der Waals surface area contributed by atoms with Crippen LogP contribution in [0.25, 0.3) is 0 Å². The minimum Gasteiger partial charge on any atom is -0.267 e. The molecule has 0 saturated heterocycles. The van der Waals surface area contributed by atoms with E-state index in [2.05, 4.69) is 5.29 Å². The van der Waals surface area contributed by atoms with Gasteiger partial charge >= 0.3 is 0 Å². The third-order valence-electron chi connectivity index (χ3n) is 1.43. The van der Waals surface area contributed by atoms with Crippen LogP contribution in [0, 0.1) is 11.8 Å². The second kappa shape index (κ2) is 3.61. The van der Waals surface area contributed by atoms with Crippen LogP contribution in [0.2, 0.25) is 0 Å². The monoisotopic (exact) mass is 164 g/mol. The summed E-state index contributed by atoms with van der Waals surface area (Å²) in [5.41, 5.74) is 3.23. The third kappa shape index (κ3) is 1.88. The van der Waals surface area contributed by atoms with Crippen LogP contribution in [-0.2, 0) is 0 Å². The van der Waals surface area contributed by atoms with Gasteiger partial charge in [-0.2, -0.15) is 0 Å². The standard InChI is InChI=1S/C8H8N2O2/c1-6-3-2-4-7(5-6)8(11)9-10-12/h2-5H,1H3,(H,9,11,12). The van der Waals surface area contributed by atoms with Gasteiger partial charge in [-0.1, -0.05) is 17.7 Å². The molecule has 1 aromatic carbocycles. The maximum absolute atomic E-state index is 11.0. The summed E-state index contributed by atoms with van der Waals surface area (Å²) >= 11 is 0. The molecule has 0 unspecified atom stereocenters. The molecule has 4 heteroatoms. The Balaban J connectivity index is 2.87. The molecule has 0 bridgehead atoms. The summed E-state index contributed by atoms with van der Waals surface area (Å²) in [6.07, 6.45) is 0. The third-order valence-corrected chi connectivity index (χ3v) is 1.43. The van der Waals surface area contributed by atoms with Crippen LogP contribution < -0.4 is 5.43 Å². The van der Waals surface area contributed by atoms with E-state index in [-0.39, 0.29) is 0 Å². The molecule has 0 saturated carbocycles. The second-order valence-electron chi connectivity index (χ2n) is 2.40. The molecule has 0 aliphatic rings. The molecule has 1 N–H and O–H groups in total. The van der Waals surface area contributed by atoms with Gasteiger partial charge in [0.05, 0.1) is 5.29 Å². The first-order valence-corrected chi connectivity index (χ1v) is 3.43. The Morgan fingerprint density at radius 1 is 1.50 bits per heavy atom. The van der Waals surface area contributed by atoms with Gasteiger partial charge in [-0.3, -0.25) is 4.79 Å². The van der Waals surface area contributed by atoms with Gasteiger partial charge in [0.2, 0.25) is 0 Å². The smallest absolute Gasteiger partial charge is 0.267 e. The van der Waals surface area contributed by atoms with E-state index in [1.807, 2.05) is 18.4 Å². The molecule has 12 heavy (non-hydrogen) atoms. The fourth-order valence-corrected chi connectivity index (χ4v) is 0.892. The van der Waals surface area contributed by atoms with Crippen LogP contribution in [0.15, 0.2) is 29.6 Å². The van der Waals surface area contributed by atoms with Crippen LogP contribution in [-0.4, -0.2) is 5.91 Å². The molecule has 0 aliphatic heterocycles. The average Bonchev–Trinajstić information content (AvgIpc) is 2.05. The number of benzene rings is 1. The van der Waals surface area contributed by atoms with E-state index in [1.54, 1.807) is 18.2 Å². The highest BCUT2D eigenvalue weighted by Gasteiger charge is 2.03. The Morgan fingerprint density at radius 3 is 2.83 bits per heavy atom. The highest BCUT2D eigenvalue weighted by Crippen LogP contribution is 2.03. The number of nitrogens with one attached hydrogen (secondary N) is 1. The van der Waals surface area contributed by atoms with Crippen molar-refractivity contribution >= 4 is 5.91 Å². The molecular formula is C8H8N2O2. The Bertz CT molecular complexity index is 310. The number of rotatable bonds is 2. The van der Waals surface area contributed by atoms with E-state index in [0.717, 1.165) is 5.56 Å². The predicted molar refractivity (Wildman–Crippen MR) is 44.4 cm³/mol. The van der Waals surface area contributed by atoms with Crippen LogP contribution in [0.5, 0.6) is 0 Å². The summed E-state index contributed by atoms with van der Waals surface area (Å²) in [6.45, 7) is 1.87. The summed E-state index contributed by atoms with van der Waals surface area (Å²) in [5.74, 6) is -0.478. The first-order valence-electron chi connectivity index (χ1n) is 3.43. The second-order valence-corrected chi connectivity index (χ2v) is 2.40. The lowest BCUT2D eigenvalue weighted by Gasteiger charge is -1.97. The highest BCUT2D eigenvalue weighted by molar-refractivity contribution is 5.93. The normalized spacial score (nSPS) is 9.08. The SMILES string of the molecule is Cc1cccc(C(=O)NN=O)c1. The lowest BCUT2D eigenvalue weighted by molar-refractivity contribution is 0.0954. The van der Waals surface area contributed by atoms with Crippen molar-refractivity contribution in [3.63, 3.8) is 0 Å². The molecule has 0 fully saturated rings. The Morgan fingerprint density at radius 2 is 2.25 bits per heavy atom. The van der Waals surface area contributed by atoms with Crippen molar-refractivity contribution in [3.05, 3.63) is 40.3 Å². The van der Waals surface area contributed by atoms with Crippen LogP contribution in [0.3, 0.4) is 0 Å². The average molecular weight is 164 g/mol. The number of carbonyl (C=O) groups is 1. The number of nitrogens with zero attached hydrogens (tertiary/aromatic N) is 1. The maximum Gasteiger partial charge on any atom is 0.273 e. The fraction of sp³-hybridized carbons (Fsp3) is 0.125. The minimum atomic E-state index is -0.478. The van der Waals surface area contributed by atoms with Crippen LogP contribution >= 0.6 is 0 Å². The lowest BCUT2D eigenvalue weighted by Crippen LogP contribution is -2.16. The Hall–Kier alpha value is -1.71. The summed E-state index contributed by atoms with van der Waals surface area (Å²) in [7, 11) is 0. The molecule has 0 atom stereocenters. The molecule has 0 radical (unpaired) electrons. The van der Waals surface area contributed by atoms with E-state index in [4.69, 9.17) is 0 Å². The molecule has 0 spiro atoms. The van der Waals surface area contributed by atoms with E-state index < -0.39 is 5.91 Å². The Labute approximate surface area is 69.5 Å². The zero-order valence-electron chi connectivity index (χ0n) is 6.57. The predicted octanol–water partition coefficient (Wildman–Crippen LogP) is 1.41. The van der Waals surface area contributed by atoms with Gasteiger partial charge in [-0.25, -0.2) is 5.43 Å². The zero-order chi connectivity index (χ0) is 8.97. The van der Waals surface area contributed by atoms with Crippen molar-refractivity contribution in [3.8, 4) is 0 Å².